The molecule has 1 aliphatic carbocycles. The molecule has 108 valence electrons. The molecule has 0 aromatic heterocycles. The van der Waals surface area contributed by atoms with E-state index < -0.39 is 0 Å². The summed E-state index contributed by atoms with van der Waals surface area (Å²) >= 11 is 0. The van der Waals surface area contributed by atoms with Crippen molar-refractivity contribution in [3.05, 3.63) is 0 Å². The summed E-state index contributed by atoms with van der Waals surface area (Å²) < 4.78 is 0. The zero-order chi connectivity index (χ0) is 13.6. The molecule has 1 saturated carbocycles. The van der Waals surface area contributed by atoms with Gasteiger partial charge in [0.05, 0.1) is 0 Å². The van der Waals surface area contributed by atoms with E-state index in [2.05, 4.69) is 37.9 Å². The molecule has 1 fully saturated rings. The molecule has 18 heavy (non-hydrogen) atoms. The summed E-state index contributed by atoms with van der Waals surface area (Å²) in [6.07, 6.45) is 3.87. The second-order valence-electron chi connectivity index (χ2n) is 6.09. The van der Waals surface area contributed by atoms with Crippen LogP contribution in [-0.2, 0) is 0 Å². The predicted molar refractivity (Wildman–Crippen MR) is 79.8 cm³/mol. The molecule has 0 aliphatic heterocycles. The number of hydrogen-bond donors (Lipinski definition) is 2. The van der Waals surface area contributed by atoms with Crippen molar-refractivity contribution < 1.29 is 0 Å². The van der Waals surface area contributed by atoms with Crippen LogP contribution in [0.25, 0.3) is 0 Å². The van der Waals surface area contributed by atoms with Crippen LogP contribution in [0.3, 0.4) is 0 Å². The molecule has 0 bridgehead atoms. The normalized spacial score (nSPS) is 33.0. The minimum atomic E-state index is 0.194. The van der Waals surface area contributed by atoms with Crippen LogP contribution in [0.5, 0.6) is 0 Å². The van der Waals surface area contributed by atoms with E-state index in [1.807, 2.05) is 0 Å². The zero-order valence-electron chi connectivity index (χ0n) is 12.8. The molecule has 1 aliphatic rings. The van der Waals surface area contributed by atoms with Crippen LogP contribution in [0.2, 0.25) is 0 Å². The van der Waals surface area contributed by atoms with E-state index in [1.54, 1.807) is 0 Å². The summed E-state index contributed by atoms with van der Waals surface area (Å²) in [7, 11) is 0. The number of hydrogen-bond acceptors (Lipinski definition) is 3. The van der Waals surface area contributed by atoms with Gasteiger partial charge < -0.3 is 16.0 Å². The highest BCUT2D eigenvalue weighted by molar-refractivity contribution is 4.97. The Hall–Kier alpha value is -0.120. The monoisotopic (exact) mass is 255 g/mol. The van der Waals surface area contributed by atoms with Gasteiger partial charge in [-0.2, -0.15) is 0 Å². The summed E-state index contributed by atoms with van der Waals surface area (Å²) in [5, 5.41) is 3.79. The Labute approximate surface area is 113 Å². The highest BCUT2D eigenvalue weighted by atomic mass is 15.1. The Balaban J connectivity index is 2.45. The number of nitrogens with zero attached hydrogens (tertiary/aromatic N) is 1. The highest BCUT2D eigenvalue weighted by Crippen LogP contribution is 2.36. The van der Waals surface area contributed by atoms with E-state index in [1.165, 1.54) is 19.3 Å². The molecule has 0 amide bonds. The third-order valence-corrected chi connectivity index (χ3v) is 4.95. The van der Waals surface area contributed by atoms with Gasteiger partial charge in [0.1, 0.15) is 0 Å². The molecule has 0 aromatic rings. The van der Waals surface area contributed by atoms with Gasteiger partial charge in [-0.25, -0.2) is 0 Å². The quantitative estimate of drug-likeness (QED) is 0.732. The summed E-state index contributed by atoms with van der Waals surface area (Å²) in [4.78, 5) is 2.47. The fourth-order valence-corrected chi connectivity index (χ4v) is 3.34. The summed E-state index contributed by atoms with van der Waals surface area (Å²) in [6, 6.07) is 0. The van der Waals surface area contributed by atoms with Crippen LogP contribution in [0.15, 0.2) is 0 Å². The Bertz CT molecular complexity index is 228. The first-order valence-corrected chi connectivity index (χ1v) is 7.75. The maximum absolute atomic E-state index is 6.08. The zero-order valence-corrected chi connectivity index (χ0v) is 12.8. The van der Waals surface area contributed by atoms with Crippen molar-refractivity contribution in [2.75, 3.05) is 32.7 Å². The lowest BCUT2D eigenvalue weighted by Gasteiger charge is -2.45. The fraction of sp³-hybridized carbons (Fsp3) is 1.00. The van der Waals surface area contributed by atoms with Crippen LogP contribution in [0.1, 0.15) is 47.0 Å². The molecule has 0 saturated heterocycles. The maximum atomic E-state index is 6.08. The third kappa shape index (κ3) is 3.94. The summed E-state index contributed by atoms with van der Waals surface area (Å²) in [6.45, 7) is 14.5. The molecule has 1 rings (SSSR count). The number of nitrogens with two attached hydrogens (primary N) is 1. The van der Waals surface area contributed by atoms with E-state index in [9.17, 15) is 0 Å². The largest absolute Gasteiger partial charge is 0.329 e. The van der Waals surface area contributed by atoms with E-state index >= 15 is 0 Å². The molecule has 0 aromatic carbocycles. The fourth-order valence-electron chi connectivity index (χ4n) is 3.34. The van der Waals surface area contributed by atoms with Crippen molar-refractivity contribution >= 4 is 0 Å². The van der Waals surface area contributed by atoms with Crippen molar-refractivity contribution in [1.29, 1.82) is 0 Å². The molecule has 3 N–H and O–H groups in total. The molecule has 3 nitrogen and oxygen atoms in total. The molecule has 3 unspecified atom stereocenters. The second-order valence-corrected chi connectivity index (χ2v) is 6.09. The first-order chi connectivity index (χ1) is 8.57. The Morgan fingerprint density at radius 3 is 2.44 bits per heavy atom. The lowest BCUT2D eigenvalue weighted by atomic mass is 9.70. The van der Waals surface area contributed by atoms with Gasteiger partial charge in [-0.15, -0.1) is 0 Å². The van der Waals surface area contributed by atoms with Gasteiger partial charge in [0.15, 0.2) is 0 Å². The topological polar surface area (TPSA) is 41.3 Å². The van der Waals surface area contributed by atoms with Crippen molar-refractivity contribution in [3.63, 3.8) is 0 Å². The van der Waals surface area contributed by atoms with E-state index in [0.29, 0.717) is 5.92 Å². The van der Waals surface area contributed by atoms with Gasteiger partial charge >= 0.3 is 0 Å². The second kappa shape index (κ2) is 7.46. The minimum Gasteiger partial charge on any atom is -0.329 e. The first kappa shape index (κ1) is 15.9. The van der Waals surface area contributed by atoms with E-state index in [4.69, 9.17) is 5.73 Å². The van der Waals surface area contributed by atoms with Crippen molar-refractivity contribution in [2.24, 2.45) is 17.6 Å². The lowest BCUT2D eigenvalue weighted by Crippen LogP contribution is -2.59. The summed E-state index contributed by atoms with van der Waals surface area (Å²) in [5.74, 6) is 1.56. The molecular formula is C15H33N3. The molecule has 3 heteroatoms. The number of rotatable bonds is 7. The molecular weight excluding hydrogens is 222 g/mol. The highest BCUT2D eigenvalue weighted by Gasteiger charge is 2.38. The number of likely N-dealkylation sites (N-methyl/N-ethyl adjacent to an activating group) is 1. The minimum absolute atomic E-state index is 0.194. The van der Waals surface area contributed by atoms with Crippen LogP contribution >= 0.6 is 0 Å². The van der Waals surface area contributed by atoms with Gasteiger partial charge in [0.2, 0.25) is 0 Å². The van der Waals surface area contributed by atoms with Crippen LogP contribution in [0, 0.1) is 11.8 Å². The molecule has 0 spiro atoms. The first-order valence-electron chi connectivity index (χ1n) is 7.75. The average Bonchev–Trinajstić information content (AvgIpc) is 2.37. The Morgan fingerprint density at radius 2 is 1.94 bits per heavy atom. The Morgan fingerprint density at radius 1 is 1.28 bits per heavy atom. The Kier molecular flexibility index (Phi) is 6.61. The van der Waals surface area contributed by atoms with E-state index in [-0.39, 0.29) is 5.54 Å². The van der Waals surface area contributed by atoms with Gasteiger partial charge in [-0.3, -0.25) is 0 Å². The predicted octanol–water partition coefficient (Wildman–Crippen LogP) is 2.07. The van der Waals surface area contributed by atoms with Crippen molar-refractivity contribution in [3.8, 4) is 0 Å². The standard InChI is InChI=1S/C15H33N3/c1-5-18(6-2)10-9-17-15(12-16)8-7-13(3)11-14(15)4/h13-14,17H,5-12,16H2,1-4H3. The van der Waals surface area contributed by atoms with Gasteiger partial charge in [0, 0.05) is 25.2 Å². The van der Waals surface area contributed by atoms with Crippen LogP contribution in [-0.4, -0.2) is 43.2 Å². The van der Waals surface area contributed by atoms with Gasteiger partial charge in [0.25, 0.3) is 0 Å². The molecule has 0 radical (unpaired) electrons. The van der Waals surface area contributed by atoms with Crippen molar-refractivity contribution in [2.45, 2.75) is 52.5 Å². The van der Waals surface area contributed by atoms with Crippen molar-refractivity contribution in [1.82, 2.24) is 10.2 Å². The molecule has 0 heterocycles. The smallest absolute Gasteiger partial charge is 0.0330 e. The average molecular weight is 255 g/mol. The van der Waals surface area contributed by atoms with Crippen LogP contribution < -0.4 is 11.1 Å². The summed E-state index contributed by atoms with van der Waals surface area (Å²) in [5.41, 5.74) is 6.27. The lowest BCUT2D eigenvalue weighted by molar-refractivity contribution is 0.125. The molecule has 3 atom stereocenters. The van der Waals surface area contributed by atoms with Crippen LogP contribution in [0.4, 0.5) is 0 Å². The van der Waals surface area contributed by atoms with Gasteiger partial charge in [-0.1, -0.05) is 27.7 Å². The SMILES string of the molecule is CCN(CC)CCNC1(CN)CCC(C)CC1C. The third-order valence-electron chi connectivity index (χ3n) is 4.95. The maximum Gasteiger partial charge on any atom is 0.0330 e. The van der Waals surface area contributed by atoms with Gasteiger partial charge in [-0.05, 0) is 44.2 Å². The van der Waals surface area contributed by atoms with E-state index in [0.717, 1.165) is 38.6 Å². The number of nitrogens with one attached hydrogen (secondary N) is 1.